The van der Waals surface area contributed by atoms with Crippen LogP contribution in [0.15, 0.2) is 33.9 Å². The van der Waals surface area contributed by atoms with Crippen LogP contribution < -0.4 is 16.6 Å². The number of hydrogen-bond acceptors (Lipinski definition) is 4. The SMILES string of the molecule is CN1CCNCC1=O.Cn1c(=O)[nH]c(=O)c2ccccc21. The summed E-state index contributed by atoms with van der Waals surface area (Å²) in [4.78, 5) is 37.1. The van der Waals surface area contributed by atoms with Crippen molar-refractivity contribution >= 4 is 16.8 Å². The molecule has 0 radical (unpaired) electrons. The number of carbonyl (C=O) groups is 1. The number of hydrogen-bond donors (Lipinski definition) is 2. The van der Waals surface area contributed by atoms with Crippen molar-refractivity contribution in [2.75, 3.05) is 26.7 Å². The van der Waals surface area contributed by atoms with Crippen molar-refractivity contribution in [3.8, 4) is 0 Å². The second-order valence-electron chi connectivity index (χ2n) is 4.83. The molecule has 1 amide bonds. The van der Waals surface area contributed by atoms with Crippen LogP contribution >= 0.6 is 0 Å². The molecule has 0 atom stereocenters. The third-order valence-electron chi connectivity index (χ3n) is 3.36. The van der Waals surface area contributed by atoms with Crippen molar-refractivity contribution < 1.29 is 4.79 Å². The number of nitrogens with zero attached hydrogens (tertiary/aromatic N) is 2. The van der Waals surface area contributed by atoms with Crippen LogP contribution in [0.25, 0.3) is 10.9 Å². The van der Waals surface area contributed by atoms with E-state index in [0.29, 0.717) is 17.4 Å². The van der Waals surface area contributed by atoms with E-state index in [1.165, 1.54) is 4.57 Å². The number of rotatable bonds is 0. The Hall–Kier alpha value is -2.41. The van der Waals surface area contributed by atoms with Crippen molar-refractivity contribution in [3.63, 3.8) is 0 Å². The molecule has 112 valence electrons. The molecule has 1 aliphatic rings. The van der Waals surface area contributed by atoms with Crippen LogP contribution in [0.3, 0.4) is 0 Å². The number of carbonyl (C=O) groups excluding carboxylic acids is 1. The molecule has 1 aromatic heterocycles. The molecule has 0 unspecified atom stereocenters. The predicted octanol–water partition coefficient (Wildman–Crippen LogP) is -0.725. The van der Waals surface area contributed by atoms with Gasteiger partial charge in [0.1, 0.15) is 0 Å². The highest BCUT2D eigenvalue weighted by Crippen LogP contribution is 2.03. The lowest BCUT2D eigenvalue weighted by Gasteiger charge is -2.22. The topological polar surface area (TPSA) is 87.2 Å². The highest BCUT2D eigenvalue weighted by molar-refractivity contribution is 5.78. The number of aryl methyl sites for hydroxylation is 1. The van der Waals surface area contributed by atoms with Crippen LogP contribution in [0.4, 0.5) is 0 Å². The number of piperazine rings is 1. The average molecular weight is 290 g/mol. The second kappa shape index (κ2) is 6.36. The Morgan fingerprint density at radius 1 is 1.10 bits per heavy atom. The van der Waals surface area contributed by atoms with E-state index in [1.807, 2.05) is 7.05 Å². The molecule has 1 fully saturated rings. The van der Waals surface area contributed by atoms with Crippen LogP contribution in [0.5, 0.6) is 0 Å². The minimum atomic E-state index is -0.385. The van der Waals surface area contributed by atoms with Gasteiger partial charge in [-0.1, -0.05) is 12.1 Å². The minimum absolute atomic E-state index is 0.191. The third kappa shape index (κ3) is 3.38. The summed E-state index contributed by atoms with van der Waals surface area (Å²) in [5.41, 5.74) is -0.0707. The molecule has 7 heteroatoms. The maximum atomic E-state index is 11.3. The number of H-pyrrole nitrogens is 1. The van der Waals surface area contributed by atoms with Gasteiger partial charge in [0.2, 0.25) is 5.91 Å². The van der Waals surface area contributed by atoms with Gasteiger partial charge in [-0.15, -0.1) is 0 Å². The number of likely N-dealkylation sites (N-methyl/N-ethyl adjacent to an activating group) is 1. The van der Waals surface area contributed by atoms with Gasteiger partial charge in [-0.2, -0.15) is 0 Å². The monoisotopic (exact) mass is 290 g/mol. The van der Waals surface area contributed by atoms with Crippen molar-refractivity contribution in [2.45, 2.75) is 0 Å². The fraction of sp³-hybridized carbons (Fsp3) is 0.357. The Kier molecular flexibility index (Phi) is 4.54. The molecule has 2 N–H and O–H groups in total. The summed E-state index contributed by atoms with van der Waals surface area (Å²) >= 11 is 0. The van der Waals surface area contributed by atoms with Gasteiger partial charge in [-0.25, -0.2) is 4.79 Å². The molecule has 0 aliphatic carbocycles. The fourth-order valence-corrected chi connectivity index (χ4v) is 2.02. The Bertz CT molecular complexity index is 763. The van der Waals surface area contributed by atoms with Crippen molar-refractivity contribution in [2.24, 2.45) is 7.05 Å². The molecular formula is C14H18N4O3. The van der Waals surface area contributed by atoms with E-state index >= 15 is 0 Å². The highest BCUT2D eigenvalue weighted by atomic mass is 16.2. The number of aromatic nitrogens is 2. The lowest BCUT2D eigenvalue weighted by Crippen LogP contribution is -2.45. The number of para-hydroxylation sites is 1. The maximum Gasteiger partial charge on any atom is 0.328 e. The average Bonchev–Trinajstić information content (AvgIpc) is 2.49. The minimum Gasteiger partial charge on any atom is -0.343 e. The maximum absolute atomic E-state index is 11.3. The van der Waals surface area contributed by atoms with Gasteiger partial charge in [0.25, 0.3) is 5.56 Å². The van der Waals surface area contributed by atoms with Crippen LogP contribution in [0, 0.1) is 0 Å². The summed E-state index contributed by atoms with van der Waals surface area (Å²) < 4.78 is 1.41. The Labute approximate surface area is 121 Å². The smallest absolute Gasteiger partial charge is 0.328 e. The van der Waals surface area contributed by atoms with Crippen molar-refractivity contribution in [3.05, 3.63) is 45.1 Å². The second-order valence-corrected chi connectivity index (χ2v) is 4.83. The number of aromatic amines is 1. The lowest BCUT2D eigenvalue weighted by atomic mass is 10.2. The molecule has 1 aliphatic heterocycles. The molecule has 2 aromatic rings. The third-order valence-corrected chi connectivity index (χ3v) is 3.36. The quantitative estimate of drug-likeness (QED) is 0.670. The molecule has 0 saturated carbocycles. The first kappa shape index (κ1) is 15.0. The van der Waals surface area contributed by atoms with Gasteiger partial charge in [0.15, 0.2) is 0 Å². The summed E-state index contributed by atoms with van der Waals surface area (Å²) in [7, 11) is 3.45. The number of fused-ring (bicyclic) bond motifs is 1. The summed E-state index contributed by atoms with van der Waals surface area (Å²) in [6, 6.07) is 6.99. The zero-order chi connectivity index (χ0) is 15.4. The van der Waals surface area contributed by atoms with E-state index in [9.17, 15) is 14.4 Å². The van der Waals surface area contributed by atoms with E-state index in [4.69, 9.17) is 0 Å². The molecule has 1 aromatic carbocycles. The first-order valence-electron chi connectivity index (χ1n) is 6.63. The van der Waals surface area contributed by atoms with E-state index in [-0.39, 0.29) is 17.2 Å². The largest absolute Gasteiger partial charge is 0.343 e. The van der Waals surface area contributed by atoms with Crippen LogP contribution in [-0.2, 0) is 11.8 Å². The molecule has 0 bridgehead atoms. The number of benzene rings is 1. The van der Waals surface area contributed by atoms with E-state index < -0.39 is 0 Å². The van der Waals surface area contributed by atoms with Crippen LogP contribution in [0.2, 0.25) is 0 Å². The predicted molar refractivity (Wildman–Crippen MR) is 80.3 cm³/mol. The van der Waals surface area contributed by atoms with Gasteiger partial charge in [0.05, 0.1) is 17.4 Å². The summed E-state index contributed by atoms with van der Waals surface area (Å²) in [6.07, 6.45) is 0. The van der Waals surface area contributed by atoms with E-state index in [1.54, 1.807) is 36.2 Å². The van der Waals surface area contributed by atoms with Gasteiger partial charge in [0, 0.05) is 27.2 Å². The normalized spacial score (nSPS) is 14.8. The standard InChI is InChI=1S/C9H8N2O2.C5H10N2O/c1-11-7-5-3-2-4-6(7)8(12)10-9(11)13;1-7-3-2-6-4-5(7)8/h2-5H,1H3,(H,10,12,13);6H,2-4H2,1H3. The summed E-state index contributed by atoms with van der Waals surface area (Å²) in [5.74, 6) is 0.191. The first-order valence-corrected chi connectivity index (χ1v) is 6.63. The Balaban J connectivity index is 0.000000173. The molecule has 2 heterocycles. The number of nitrogens with one attached hydrogen (secondary N) is 2. The van der Waals surface area contributed by atoms with E-state index in [2.05, 4.69) is 10.3 Å². The molecule has 0 spiro atoms. The Morgan fingerprint density at radius 2 is 1.81 bits per heavy atom. The zero-order valence-corrected chi connectivity index (χ0v) is 12.0. The van der Waals surface area contributed by atoms with Crippen LogP contribution in [-0.4, -0.2) is 47.0 Å². The fourth-order valence-electron chi connectivity index (χ4n) is 2.02. The molecule has 7 nitrogen and oxygen atoms in total. The first-order chi connectivity index (χ1) is 10.0. The number of amides is 1. The summed E-state index contributed by atoms with van der Waals surface area (Å²) in [6.45, 7) is 2.29. The van der Waals surface area contributed by atoms with Gasteiger partial charge in [-0.3, -0.25) is 19.1 Å². The van der Waals surface area contributed by atoms with Crippen molar-refractivity contribution in [1.29, 1.82) is 0 Å². The van der Waals surface area contributed by atoms with Crippen molar-refractivity contribution in [1.82, 2.24) is 19.8 Å². The molecule has 21 heavy (non-hydrogen) atoms. The summed E-state index contributed by atoms with van der Waals surface area (Å²) in [5, 5.41) is 3.51. The zero-order valence-electron chi connectivity index (χ0n) is 12.0. The molecule has 3 rings (SSSR count). The molecular weight excluding hydrogens is 272 g/mol. The Morgan fingerprint density at radius 3 is 2.43 bits per heavy atom. The lowest BCUT2D eigenvalue weighted by molar-refractivity contribution is -0.130. The van der Waals surface area contributed by atoms with Crippen LogP contribution in [0.1, 0.15) is 0 Å². The molecule has 1 saturated heterocycles. The van der Waals surface area contributed by atoms with Gasteiger partial charge >= 0.3 is 5.69 Å². The van der Waals surface area contributed by atoms with Gasteiger partial charge in [-0.05, 0) is 12.1 Å². The van der Waals surface area contributed by atoms with E-state index in [0.717, 1.165) is 13.1 Å². The highest BCUT2D eigenvalue weighted by Gasteiger charge is 2.11. The van der Waals surface area contributed by atoms with Gasteiger partial charge < -0.3 is 10.2 Å².